The molecule has 2 aliphatic heterocycles. The Kier molecular flexibility index (Phi) is 6.48. The summed E-state index contributed by atoms with van der Waals surface area (Å²) in [7, 11) is 0. The first-order chi connectivity index (χ1) is 18.6. The van der Waals surface area contributed by atoms with Crippen LogP contribution in [0.25, 0.3) is 10.8 Å². The van der Waals surface area contributed by atoms with Crippen LogP contribution in [0.1, 0.15) is 44.3 Å². The van der Waals surface area contributed by atoms with Crippen molar-refractivity contribution in [2.75, 3.05) is 32.7 Å². The number of rotatable bonds is 6. The predicted molar refractivity (Wildman–Crippen MR) is 147 cm³/mol. The van der Waals surface area contributed by atoms with Crippen molar-refractivity contribution in [2.45, 2.75) is 12.5 Å². The molecule has 38 heavy (non-hydrogen) atoms. The Morgan fingerprint density at radius 3 is 1.71 bits per heavy atom. The van der Waals surface area contributed by atoms with Gasteiger partial charge in [0.1, 0.15) is 0 Å². The number of benzene rings is 4. The fraction of sp³-hybridized carbons (Fsp3) is 0.219. The Bertz CT molecular complexity index is 1400. The van der Waals surface area contributed by atoms with Gasteiger partial charge in [0, 0.05) is 55.7 Å². The first-order valence-electron chi connectivity index (χ1n) is 13.1. The zero-order chi connectivity index (χ0) is 26.1. The average molecular weight is 504 g/mol. The quantitative estimate of drug-likeness (QED) is 0.356. The predicted octanol–water partition coefficient (Wildman–Crippen LogP) is 4.76. The van der Waals surface area contributed by atoms with Crippen LogP contribution in [0.3, 0.4) is 0 Å². The fourth-order valence-corrected chi connectivity index (χ4v) is 5.76. The summed E-state index contributed by atoms with van der Waals surface area (Å²) in [5, 5.41) is 1.58. The van der Waals surface area contributed by atoms with Crippen molar-refractivity contribution in [3.05, 3.63) is 119 Å². The average Bonchev–Trinajstić information content (AvgIpc) is 2.97. The highest BCUT2D eigenvalue weighted by Crippen LogP contribution is 2.31. The molecule has 0 N–H and O–H groups in total. The standard InChI is InChI=1S/C32H29N3O3/c36-28(17-18-35-31(37)26-15-7-13-23-14-8-16-27(29(23)26)32(35)38)33-19-21-34(22-20-33)30(24-9-3-1-4-10-24)25-11-5-2-6-12-25/h1-16,30H,17-22H2. The Balaban J connectivity index is 1.11. The van der Waals surface area contributed by atoms with Gasteiger partial charge in [0.05, 0.1) is 6.04 Å². The number of amides is 3. The smallest absolute Gasteiger partial charge is 0.261 e. The van der Waals surface area contributed by atoms with Crippen LogP contribution in [-0.2, 0) is 4.79 Å². The first-order valence-corrected chi connectivity index (χ1v) is 13.1. The lowest BCUT2D eigenvalue weighted by Gasteiger charge is -2.40. The van der Waals surface area contributed by atoms with Gasteiger partial charge in [-0.25, -0.2) is 0 Å². The third-order valence-corrected chi connectivity index (χ3v) is 7.67. The van der Waals surface area contributed by atoms with Crippen LogP contribution in [0, 0.1) is 0 Å². The van der Waals surface area contributed by atoms with Crippen molar-refractivity contribution in [3.63, 3.8) is 0 Å². The molecule has 0 aliphatic carbocycles. The largest absolute Gasteiger partial charge is 0.340 e. The molecule has 0 unspecified atom stereocenters. The molecule has 4 aromatic carbocycles. The number of carbonyl (C=O) groups is 3. The Hall–Kier alpha value is -4.29. The fourth-order valence-electron chi connectivity index (χ4n) is 5.76. The zero-order valence-corrected chi connectivity index (χ0v) is 21.1. The highest BCUT2D eigenvalue weighted by molar-refractivity contribution is 6.25. The van der Waals surface area contributed by atoms with Crippen molar-refractivity contribution in [2.24, 2.45) is 0 Å². The van der Waals surface area contributed by atoms with Gasteiger partial charge in [-0.2, -0.15) is 0 Å². The highest BCUT2D eigenvalue weighted by atomic mass is 16.2. The number of imide groups is 1. The SMILES string of the molecule is O=C(CCN1C(=O)c2cccc3cccc(c23)C1=O)N1CCN(C(c2ccccc2)c2ccccc2)CC1. The summed E-state index contributed by atoms with van der Waals surface area (Å²) in [6.07, 6.45) is 0.121. The molecule has 0 aromatic heterocycles. The van der Waals surface area contributed by atoms with Crippen molar-refractivity contribution >= 4 is 28.5 Å². The monoisotopic (exact) mass is 503 g/mol. The molecule has 2 aliphatic rings. The van der Waals surface area contributed by atoms with Gasteiger partial charge in [-0.15, -0.1) is 0 Å². The summed E-state index contributed by atoms with van der Waals surface area (Å²) in [4.78, 5) is 45.0. The van der Waals surface area contributed by atoms with Crippen LogP contribution in [0.15, 0.2) is 97.1 Å². The van der Waals surface area contributed by atoms with Crippen LogP contribution in [-0.4, -0.2) is 65.1 Å². The molecule has 0 radical (unpaired) electrons. The molecule has 6 rings (SSSR count). The lowest BCUT2D eigenvalue weighted by molar-refractivity contribution is -0.133. The highest BCUT2D eigenvalue weighted by Gasteiger charge is 2.34. The van der Waals surface area contributed by atoms with Crippen molar-refractivity contribution in [3.8, 4) is 0 Å². The molecule has 0 atom stereocenters. The number of hydrogen-bond acceptors (Lipinski definition) is 4. The molecule has 6 nitrogen and oxygen atoms in total. The molecule has 4 aromatic rings. The van der Waals surface area contributed by atoms with Crippen molar-refractivity contribution < 1.29 is 14.4 Å². The van der Waals surface area contributed by atoms with Crippen LogP contribution in [0.5, 0.6) is 0 Å². The van der Waals surface area contributed by atoms with E-state index < -0.39 is 0 Å². The van der Waals surface area contributed by atoms with Gasteiger partial charge in [0.25, 0.3) is 11.8 Å². The van der Waals surface area contributed by atoms with Crippen LogP contribution < -0.4 is 0 Å². The second-order valence-corrected chi connectivity index (χ2v) is 9.86. The minimum absolute atomic E-state index is 0.0294. The molecule has 2 heterocycles. The Labute approximate surface area is 222 Å². The van der Waals surface area contributed by atoms with Gasteiger partial charge in [-0.1, -0.05) is 84.9 Å². The van der Waals surface area contributed by atoms with E-state index >= 15 is 0 Å². The third-order valence-electron chi connectivity index (χ3n) is 7.67. The summed E-state index contributed by atoms with van der Waals surface area (Å²) in [5.74, 6) is -0.686. The summed E-state index contributed by atoms with van der Waals surface area (Å²) < 4.78 is 0. The molecular weight excluding hydrogens is 474 g/mol. The molecule has 1 fully saturated rings. The van der Waals surface area contributed by atoms with Crippen LogP contribution in [0.2, 0.25) is 0 Å². The van der Waals surface area contributed by atoms with E-state index in [1.165, 1.54) is 16.0 Å². The maximum absolute atomic E-state index is 13.2. The summed E-state index contributed by atoms with van der Waals surface area (Å²) in [6.45, 7) is 2.80. The van der Waals surface area contributed by atoms with Crippen LogP contribution in [0.4, 0.5) is 0 Å². The number of hydrogen-bond donors (Lipinski definition) is 0. The van der Waals surface area contributed by atoms with E-state index in [9.17, 15) is 14.4 Å². The molecular formula is C32H29N3O3. The van der Waals surface area contributed by atoms with Crippen LogP contribution >= 0.6 is 0 Å². The van der Waals surface area contributed by atoms with Gasteiger partial charge in [-0.3, -0.25) is 24.2 Å². The first kappa shape index (κ1) is 24.1. The van der Waals surface area contributed by atoms with Gasteiger partial charge in [0.15, 0.2) is 0 Å². The van der Waals surface area contributed by atoms with E-state index in [1.54, 1.807) is 12.1 Å². The third kappa shape index (κ3) is 4.37. The normalized spacial score (nSPS) is 15.9. The summed E-state index contributed by atoms with van der Waals surface area (Å²) in [5.41, 5.74) is 3.50. The maximum Gasteiger partial charge on any atom is 0.261 e. The van der Waals surface area contributed by atoms with Gasteiger partial charge in [-0.05, 0) is 28.6 Å². The van der Waals surface area contributed by atoms with Gasteiger partial charge >= 0.3 is 0 Å². The topological polar surface area (TPSA) is 60.9 Å². The van der Waals surface area contributed by atoms with E-state index in [0.717, 1.165) is 18.5 Å². The number of piperazine rings is 1. The van der Waals surface area contributed by atoms with E-state index in [4.69, 9.17) is 0 Å². The minimum Gasteiger partial charge on any atom is -0.340 e. The van der Waals surface area contributed by atoms with E-state index in [-0.39, 0.29) is 36.7 Å². The molecule has 190 valence electrons. The summed E-state index contributed by atoms with van der Waals surface area (Å²) in [6, 6.07) is 32.0. The van der Waals surface area contributed by atoms with Gasteiger partial charge < -0.3 is 4.90 Å². The Morgan fingerprint density at radius 1 is 0.658 bits per heavy atom. The van der Waals surface area contributed by atoms with E-state index in [1.807, 2.05) is 41.3 Å². The molecule has 0 spiro atoms. The minimum atomic E-state index is -0.328. The number of nitrogens with zero attached hydrogens (tertiary/aromatic N) is 3. The lowest BCUT2D eigenvalue weighted by Crippen LogP contribution is -2.50. The van der Waals surface area contributed by atoms with E-state index in [0.29, 0.717) is 29.6 Å². The molecule has 3 amide bonds. The molecule has 1 saturated heterocycles. The molecule has 0 bridgehead atoms. The maximum atomic E-state index is 13.2. The second-order valence-electron chi connectivity index (χ2n) is 9.86. The zero-order valence-electron chi connectivity index (χ0n) is 21.1. The van der Waals surface area contributed by atoms with Gasteiger partial charge in [0.2, 0.25) is 5.91 Å². The number of carbonyl (C=O) groups excluding carboxylic acids is 3. The van der Waals surface area contributed by atoms with Crippen molar-refractivity contribution in [1.29, 1.82) is 0 Å². The van der Waals surface area contributed by atoms with E-state index in [2.05, 4.69) is 53.4 Å². The molecule has 6 heteroatoms. The lowest BCUT2D eigenvalue weighted by atomic mass is 9.94. The summed E-state index contributed by atoms with van der Waals surface area (Å²) >= 11 is 0. The second kappa shape index (κ2) is 10.2. The molecule has 0 saturated carbocycles. The Morgan fingerprint density at radius 2 is 1.18 bits per heavy atom. The van der Waals surface area contributed by atoms with Crippen molar-refractivity contribution in [1.82, 2.24) is 14.7 Å².